The van der Waals surface area contributed by atoms with E-state index in [9.17, 15) is 4.79 Å². The summed E-state index contributed by atoms with van der Waals surface area (Å²) in [6, 6.07) is 25.1. The van der Waals surface area contributed by atoms with E-state index < -0.39 is 0 Å². The highest BCUT2D eigenvalue weighted by Crippen LogP contribution is 2.29. The summed E-state index contributed by atoms with van der Waals surface area (Å²) in [5, 5.41) is 10.1. The second-order valence-corrected chi connectivity index (χ2v) is 9.80. The molecule has 0 radical (unpaired) electrons. The van der Waals surface area contributed by atoms with Crippen molar-refractivity contribution in [3.8, 4) is 16.8 Å². The fourth-order valence-electron chi connectivity index (χ4n) is 4.81. The van der Waals surface area contributed by atoms with Gasteiger partial charge in [0.1, 0.15) is 5.69 Å². The fourth-order valence-corrected chi connectivity index (χ4v) is 4.81. The van der Waals surface area contributed by atoms with Gasteiger partial charge in [0, 0.05) is 5.69 Å². The Hall–Kier alpha value is -4.18. The Labute approximate surface area is 212 Å². The average molecular weight is 474 g/mol. The van der Waals surface area contributed by atoms with Gasteiger partial charge in [-0.2, -0.15) is 5.10 Å². The Morgan fingerprint density at radius 3 is 2.06 bits per heavy atom. The number of fused-ring (bicyclic) bond motifs is 1. The monoisotopic (exact) mass is 473 g/mol. The maximum atomic E-state index is 13.5. The van der Waals surface area contributed by atoms with E-state index in [0.717, 1.165) is 39.1 Å². The molecule has 0 aliphatic rings. The summed E-state index contributed by atoms with van der Waals surface area (Å²) in [7, 11) is 0. The summed E-state index contributed by atoms with van der Waals surface area (Å²) in [5.41, 5.74) is 11.2. The standard InChI is InChI=1S/C32H31N3O/c1-19-9-7-8-10-28(19)25-11-12-30(23(5)16-25)35-31(17-24(6)34-35)32(36)33-29-18-27-14-21(3)20(2)13-26(27)15-22(29)4/h7-18H,1-6H3,(H,33,36). The van der Waals surface area contributed by atoms with Crippen LogP contribution in [0.3, 0.4) is 0 Å². The molecule has 5 aromatic rings. The summed E-state index contributed by atoms with van der Waals surface area (Å²) in [5.74, 6) is -0.177. The van der Waals surface area contributed by atoms with Crippen molar-refractivity contribution in [2.75, 3.05) is 5.32 Å². The number of amides is 1. The fraction of sp³-hybridized carbons (Fsp3) is 0.188. The van der Waals surface area contributed by atoms with Crippen molar-refractivity contribution < 1.29 is 4.79 Å². The van der Waals surface area contributed by atoms with Crippen LogP contribution in [0.15, 0.2) is 72.8 Å². The van der Waals surface area contributed by atoms with E-state index in [1.165, 1.54) is 27.6 Å². The molecule has 0 fully saturated rings. The molecule has 1 amide bonds. The maximum absolute atomic E-state index is 13.5. The molecular weight excluding hydrogens is 442 g/mol. The second-order valence-electron chi connectivity index (χ2n) is 9.80. The van der Waals surface area contributed by atoms with Crippen LogP contribution < -0.4 is 5.32 Å². The van der Waals surface area contributed by atoms with Crippen molar-refractivity contribution in [1.29, 1.82) is 0 Å². The lowest BCUT2D eigenvalue weighted by Crippen LogP contribution is -2.18. The number of hydrogen-bond acceptors (Lipinski definition) is 2. The van der Waals surface area contributed by atoms with Crippen molar-refractivity contribution >= 4 is 22.4 Å². The van der Waals surface area contributed by atoms with Gasteiger partial charge in [-0.25, -0.2) is 4.68 Å². The largest absolute Gasteiger partial charge is 0.320 e. The van der Waals surface area contributed by atoms with Gasteiger partial charge in [0.2, 0.25) is 0 Å². The van der Waals surface area contributed by atoms with Crippen LogP contribution in [0.4, 0.5) is 5.69 Å². The van der Waals surface area contributed by atoms with E-state index in [4.69, 9.17) is 0 Å². The number of carbonyl (C=O) groups is 1. The molecule has 0 unspecified atom stereocenters. The molecule has 0 aliphatic heterocycles. The highest BCUT2D eigenvalue weighted by molar-refractivity contribution is 6.05. The zero-order chi connectivity index (χ0) is 25.6. The minimum absolute atomic E-state index is 0.177. The van der Waals surface area contributed by atoms with Crippen molar-refractivity contribution in [2.45, 2.75) is 41.5 Å². The molecule has 0 saturated carbocycles. The molecule has 0 spiro atoms. The van der Waals surface area contributed by atoms with E-state index in [1.807, 2.05) is 26.0 Å². The first-order chi connectivity index (χ1) is 17.2. The summed E-state index contributed by atoms with van der Waals surface area (Å²) >= 11 is 0. The number of anilines is 1. The SMILES string of the molecule is Cc1cc(C(=O)Nc2cc3cc(C)c(C)cc3cc2C)n(-c2ccc(-c3ccccc3C)cc2C)n1. The predicted octanol–water partition coefficient (Wildman–Crippen LogP) is 7.80. The maximum Gasteiger partial charge on any atom is 0.274 e. The predicted molar refractivity (Wildman–Crippen MR) is 149 cm³/mol. The summed E-state index contributed by atoms with van der Waals surface area (Å²) < 4.78 is 1.76. The van der Waals surface area contributed by atoms with Gasteiger partial charge < -0.3 is 5.32 Å². The van der Waals surface area contributed by atoms with Crippen molar-refractivity contribution in [3.05, 3.63) is 112 Å². The van der Waals surface area contributed by atoms with Gasteiger partial charge in [0.25, 0.3) is 5.91 Å². The van der Waals surface area contributed by atoms with Crippen LogP contribution in [0.25, 0.3) is 27.6 Å². The first-order valence-corrected chi connectivity index (χ1v) is 12.3. The van der Waals surface area contributed by atoms with E-state index in [1.54, 1.807) is 4.68 Å². The summed E-state index contributed by atoms with van der Waals surface area (Å²) in [6.07, 6.45) is 0. The van der Waals surface area contributed by atoms with Crippen LogP contribution in [0.5, 0.6) is 0 Å². The Morgan fingerprint density at radius 2 is 1.36 bits per heavy atom. The molecule has 4 nitrogen and oxygen atoms in total. The Kier molecular flexibility index (Phi) is 5.97. The van der Waals surface area contributed by atoms with Gasteiger partial charge in [-0.15, -0.1) is 0 Å². The average Bonchev–Trinajstić information content (AvgIpc) is 3.22. The quantitative estimate of drug-likeness (QED) is 0.289. The lowest BCUT2D eigenvalue weighted by atomic mass is 9.98. The minimum atomic E-state index is -0.177. The summed E-state index contributed by atoms with van der Waals surface area (Å²) in [6.45, 7) is 12.4. The van der Waals surface area contributed by atoms with Crippen molar-refractivity contribution in [3.63, 3.8) is 0 Å². The third-order valence-corrected chi connectivity index (χ3v) is 6.99. The van der Waals surface area contributed by atoms with E-state index in [2.05, 4.69) is 98.8 Å². The van der Waals surface area contributed by atoms with Crippen LogP contribution in [0.1, 0.15) is 44.0 Å². The van der Waals surface area contributed by atoms with Crippen LogP contribution >= 0.6 is 0 Å². The normalized spacial score (nSPS) is 11.2. The highest BCUT2D eigenvalue weighted by Gasteiger charge is 2.18. The summed E-state index contributed by atoms with van der Waals surface area (Å²) in [4.78, 5) is 13.5. The van der Waals surface area contributed by atoms with Crippen molar-refractivity contribution in [1.82, 2.24) is 9.78 Å². The number of aryl methyl sites for hydroxylation is 6. The van der Waals surface area contributed by atoms with Gasteiger partial charge in [0.15, 0.2) is 0 Å². The van der Waals surface area contributed by atoms with E-state index in [0.29, 0.717) is 5.69 Å². The molecule has 0 aliphatic carbocycles. The smallest absolute Gasteiger partial charge is 0.274 e. The molecule has 1 heterocycles. The van der Waals surface area contributed by atoms with Gasteiger partial charge in [-0.3, -0.25) is 4.79 Å². The molecule has 1 N–H and O–H groups in total. The number of hydrogen-bond donors (Lipinski definition) is 1. The van der Waals surface area contributed by atoms with E-state index in [-0.39, 0.29) is 5.91 Å². The van der Waals surface area contributed by atoms with Gasteiger partial charge in [-0.05, 0) is 122 Å². The van der Waals surface area contributed by atoms with Crippen LogP contribution in [0.2, 0.25) is 0 Å². The molecule has 5 rings (SSSR count). The Morgan fingerprint density at radius 1 is 0.694 bits per heavy atom. The zero-order valence-corrected chi connectivity index (χ0v) is 21.7. The molecular formula is C32H31N3O. The third kappa shape index (κ3) is 4.31. The first-order valence-electron chi connectivity index (χ1n) is 12.3. The number of nitrogens with zero attached hydrogens (tertiary/aromatic N) is 2. The highest BCUT2D eigenvalue weighted by atomic mass is 16.2. The molecule has 1 aromatic heterocycles. The molecule has 0 saturated heterocycles. The number of carbonyl (C=O) groups excluding carboxylic acids is 1. The third-order valence-electron chi connectivity index (χ3n) is 6.99. The van der Waals surface area contributed by atoms with Crippen molar-refractivity contribution in [2.24, 2.45) is 0 Å². The Bertz CT molecular complexity index is 1640. The van der Waals surface area contributed by atoms with Gasteiger partial charge >= 0.3 is 0 Å². The van der Waals surface area contributed by atoms with Gasteiger partial charge in [0.05, 0.1) is 11.4 Å². The number of benzene rings is 4. The second kappa shape index (κ2) is 9.12. The van der Waals surface area contributed by atoms with Crippen LogP contribution in [-0.4, -0.2) is 15.7 Å². The number of rotatable bonds is 4. The zero-order valence-electron chi connectivity index (χ0n) is 21.7. The lowest BCUT2D eigenvalue weighted by molar-refractivity contribution is 0.101. The van der Waals surface area contributed by atoms with E-state index >= 15 is 0 Å². The minimum Gasteiger partial charge on any atom is -0.320 e. The lowest BCUT2D eigenvalue weighted by Gasteiger charge is -2.14. The topological polar surface area (TPSA) is 46.9 Å². The molecule has 0 bridgehead atoms. The van der Waals surface area contributed by atoms with Crippen LogP contribution in [0, 0.1) is 41.5 Å². The molecule has 0 atom stereocenters. The first kappa shape index (κ1) is 23.6. The molecule has 36 heavy (non-hydrogen) atoms. The van der Waals surface area contributed by atoms with Gasteiger partial charge in [-0.1, -0.05) is 42.5 Å². The molecule has 4 aromatic carbocycles. The number of aromatic nitrogens is 2. The van der Waals surface area contributed by atoms with Crippen LogP contribution in [-0.2, 0) is 0 Å². The molecule has 4 heteroatoms. The Balaban J connectivity index is 1.50. The molecule has 180 valence electrons. The number of nitrogens with one attached hydrogen (secondary N) is 1.